The maximum Gasteiger partial charge on any atom is 0.306 e. The van der Waals surface area contributed by atoms with Crippen LogP contribution in [-0.4, -0.2) is 49.3 Å². The van der Waals surface area contributed by atoms with E-state index in [0.29, 0.717) is 32.2 Å². The van der Waals surface area contributed by atoms with Gasteiger partial charge in [0, 0.05) is 13.1 Å². The van der Waals surface area contributed by atoms with Gasteiger partial charge in [0.2, 0.25) is 5.91 Å². The Bertz CT molecular complexity index is 321. The molecule has 1 heterocycles. The number of hydrogen-bond donors (Lipinski definition) is 3. The van der Waals surface area contributed by atoms with Crippen molar-refractivity contribution in [3.8, 4) is 0 Å². The lowest BCUT2D eigenvalue weighted by Crippen LogP contribution is -2.52. The molecule has 0 aromatic rings. The minimum absolute atomic E-state index is 0.0138. The van der Waals surface area contributed by atoms with Crippen molar-refractivity contribution >= 4 is 11.9 Å². The van der Waals surface area contributed by atoms with Gasteiger partial charge in [-0.1, -0.05) is 0 Å². The van der Waals surface area contributed by atoms with Crippen LogP contribution in [0.5, 0.6) is 0 Å². The van der Waals surface area contributed by atoms with E-state index < -0.39 is 5.97 Å². The Morgan fingerprint density at radius 3 is 2.58 bits per heavy atom. The number of morpholine rings is 1. The number of carboxylic acids is 1. The quantitative estimate of drug-likeness (QED) is 0.668. The highest BCUT2D eigenvalue weighted by atomic mass is 16.5. The van der Waals surface area contributed by atoms with Crippen LogP contribution < -0.4 is 10.6 Å². The van der Waals surface area contributed by atoms with E-state index in [1.807, 2.05) is 0 Å². The van der Waals surface area contributed by atoms with Crippen LogP contribution >= 0.6 is 0 Å². The van der Waals surface area contributed by atoms with Crippen LogP contribution in [0.25, 0.3) is 0 Å². The summed E-state index contributed by atoms with van der Waals surface area (Å²) < 4.78 is 5.25. The first-order valence-corrected chi connectivity index (χ1v) is 6.98. The molecule has 6 heteroatoms. The number of ether oxygens (including phenoxy) is 1. The molecule has 2 fully saturated rings. The van der Waals surface area contributed by atoms with Crippen molar-refractivity contribution in [1.82, 2.24) is 10.6 Å². The van der Waals surface area contributed by atoms with Gasteiger partial charge in [0.1, 0.15) is 6.04 Å². The van der Waals surface area contributed by atoms with E-state index in [9.17, 15) is 9.59 Å². The van der Waals surface area contributed by atoms with Gasteiger partial charge in [0.05, 0.1) is 19.1 Å². The highest BCUT2D eigenvalue weighted by molar-refractivity contribution is 5.82. The number of carboxylic acid groups (broad SMARTS) is 1. The maximum atomic E-state index is 11.9. The van der Waals surface area contributed by atoms with Gasteiger partial charge in [0.15, 0.2) is 0 Å². The van der Waals surface area contributed by atoms with Crippen LogP contribution in [-0.2, 0) is 14.3 Å². The van der Waals surface area contributed by atoms with Crippen LogP contribution in [0.1, 0.15) is 25.7 Å². The first-order chi connectivity index (χ1) is 9.16. The summed E-state index contributed by atoms with van der Waals surface area (Å²) >= 11 is 0. The Hall–Kier alpha value is -1.14. The van der Waals surface area contributed by atoms with Crippen LogP contribution in [0.2, 0.25) is 0 Å². The highest BCUT2D eigenvalue weighted by Crippen LogP contribution is 2.28. The summed E-state index contributed by atoms with van der Waals surface area (Å²) in [6.45, 7) is 2.44. The molecule has 19 heavy (non-hydrogen) atoms. The van der Waals surface area contributed by atoms with Crippen molar-refractivity contribution in [3.63, 3.8) is 0 Å². The number of hydrogen-bond acceptors (Lipinski definition) is 4. The molecule has 1 aliphatic carbocycles. The average molecular weight is 270 g/mol. The summed E-state index contributed by atoms with van der Waals surface area (Å²) in [6.07, 6.45) is 3.21. The van der Waals surface area contributed by atoms with E-state index >= 15 is 0 Å². The van der Waals surface area contributed by atoms with Gasteiger partial charge >= 0.3 is 5.97 Å². The van der Waals surface area contributed by atoms with E-state index in [2.05, 4.69) is 10.6 Å². The zero-order valence-corrected chi connectivity index (χ0v) is 11.1. The Balaban J connectivity index is 1.66. The van der Waals surface area contributed by atoms with Gasteiger partial charge < -0.3 is 20.5 Å². The first-order valence-electron chi connectivity index (χ1n) is 6.98. The molecule has 2 aliphatic rings. The smallest absolute Gasteiger partial charge is 0.306 e. The predicted molar refractivity (Wildman–Crippen MR) is 68.7 cm³/mol. The molecular formula is C13H22N2O4. The Labute approximate surface area is 112 Å². The van der Waals surface area contributed by atoms with E-state index in [4.69, 9.17) is 9.84 Å². The molecule has 0 spiro atoms. The minimum Gasteiger partial charge on any atom is -0.481 e. The second-order valence-corrected chi connectivity index (χ2v) is 5.38. The van der Waals surface area contributed by atoms with Gasteiger partial charge in [-0.3, -0.25) is 9.59 Å². The fraction of sp³-hybridized carbons (Fsp3) is 0.846. The lowest BCUT2D eigenvalue weighted by Gasteiger charge is -2.28. The Morgan fingerprint density at radius 1 is 1.26 bits per heavy atom. The molecule has 1 aliphatic heterocycles. The van der Waals surface area contributed by atoms with Crippen LogP contribution in [0.3, 0.4) is 0 Å². The molecule has 108 valence electrons. The van der Waals surface area contributed by atoms with E-state index in [-0.39, 0.29) is 17.9 Å². The van der Waals surface area contributed by atoms with Crippen molar-refractivity contribution in [2.75, 3.05) is 26.3 Å². The number of carbonyl (C=O) groups is 2. The van der Waals surface area contributed by atoms with Gasteiger partial charge in [-0.05, 0) is 31.6 Å². The van der Waals surface area contributed by atoms with E-state index in [1.54, 1.807) is 0 Å². The molecule has 0 radical (unpaired) electrons. The van der Waals surface area contributed by atoms with E-state index in [1.165, 1.54) is 0 Å². The van der Waals surface area contributed by atoms with Crippen molar-refractivity contribution in [3.05, 3.63) is 0 Å². The summed E-state index contributed by atoms with van der Waals surface area (Å²) in [5.41, 5.74) is 0. The summed E-state index contributed by atoms with van der Waals surface area (Å²) in [7, 11) is 0. The molecule has 2 rings (SSSR count). The Kier molecular flexibility index (Phi) is 5.15. The topological polar surface area (TPSA) is 87.7 Å². The second kappa shape index (κ2) is 6.86. The largest absolute Gasteiger partial charge is 0.481 e. The van der Waals surface area contributed by atoms with Crippen LogP contribution in [0.4, 0.5) is 0 Å². The number of nitrogens with one attached hydrogen (secondary N) is 2. The van der Waals surface area contributed by atoms with Crippen molar-refractivity contribution in [2.24, 2.45) is 11.8 Å². The third-order valence-corrected chi connectivity index (χ3v) is 4.00. The maximum absolute atomic E-state index is 11.9. The molecular weight excluding hydrogens is 248 g/mol. The molecule has 1 amide bonds. The number of amides is 1. The fourth-order valence-electron chi connectivity index (χ4n) is 2.72. The SMILES string of the molecule is O=C(O)C1CCC(CNC(=O)C2COCCN2)CC1. The Morgan fingerprint density at radius 2 is 2.00 bits per heavy atom. The summed E-state index contributed by atoms with van der Waals surface area (Å²) in [4.78, 5) is 22.7. The second-order valence-electron chi connectivity index (χ2n) is 5.38. The highest BCUT2D eigenvalue weighted by Gasteiger charge is 2.27. The molecule has 1 saturated carbocycles. The standard InChI is InChI=1S/C13H22N2O4/c16-12(11-8-19-6-5-14-11)15-7-9-1-3-10(4-2-9)13(17)18/h9-11,14H,1-8H2,(H,15,16)(H,17,18). The zero-order chi connectivity index (χ0) is 13.7. The first kappa shape index (κ1) is 14.3. The molecule has 0 aromatic heterocycles. The molecule has 6 nitrogen and oxygen atoms in total. The van der Waals surface area contributed by atoms with Crippen molar-refractivity contribution < 1.29 is 19.4 Å². The predicted octanol–water partition coefficient (Wildman–Crippen LogP) is -0.0180. The van der Waals surface area contributed by atoms with E-state index in [0.717, 1.165) is 25.7 Å². The van der Waals surface area contributed by atoms with Crippen LogP contribution in [0.15, 0.2) is 0 Å². The molecule has 0 bridgehead atoms. The summed E-state index contributed by atoms with van der Waals surface area (Å²) in [5, 5.41) is 15.0. The minimum atomic E-state index is -0.689. The third kappa shape index (κ3) is 4.18. The average Bonchev–Trinajstić information content (AvgIpc) is 2.46. The van der Waals surface area contributed by atoms with Crippen LogP contribution in [0, 0.1) is 11.8 Å². The summed E-state index contributed by atoms with van der Waals surface area (Å²) in [5.74, 6) is -0.490. The van der Waals surface area contributed by atoms with Gasteiger partial charge in [-0.25, -0.2) is 0 Å². The van der Waals surface area contributed by atoms with Crippen molar-refractivity contribution in [2.45, 2.75) is 31.7 Å². The molecule has 1 saturated heterocycles. The number of carbonyl (C=O) groups excluding carboxylic acids is 1. The molecule has 1 unspecified atom stereocenters. The van der Waals surface area contributed by atoms with Gasteiger partial charge in [0.25, 0.3) is 0 Å². The van der Waals surface area contributed by atoms with Gasteiger partial charge in [-0.15, -0.1) is 0 Å². The third-order valence-electron chi connectivity index (χ3n) is 4.00. The number of aliphatic carboxylic acids is 1. The molecule has 1 atom stereocenters. The summed E-state index contributed by atoms with van der Waals surface area (Å²) in [6, 6.07) is -0.246. The monoisotopic (exact) mass is 270 g/mol. The molecule has 3 N–H and O–H groups in total. The number of rotatable bonds is 4. The lowest BCUT2D eigenvalue weighted by atomic mass is 9.82. The van der Waals surface area contributed by atoms with Gasteiger partial charge in [-0.2, -0.15) is 0 Å². The fourth-order valence-corrected chi connectivity index (χ4v) is 2.72. The molecule has 0 aromatic carbocycles. The van der Waals surface area contributed by atoms with Crippen molar-refractivity contribution in [1.29, 1.82) is 0 Å². The lowest BCUT2D eigenvalue weighted by molar-refractivity contribution is -0.143. The zero-order valence-electron chi connectivity index (χ0n) is 11.1. The normalized spacial score (nSPS) is 31.7.